The molecule has 0 fully saturated rings. The van der Waals surface area contributed by atoms with E-state index in [2.05, 4.69) is 38.1 Å². The van der Waals surface area contributed by atoms with Crippen molar-refractivity contribution in [1.29, 1.82) is 0 Å². The first kappa shape index (κ1) is 17.3. The molecule has 0 unspecified atom stereocenters. The van der Waals surface area contributed by atoms with Gasteiger partial charge in [0, 0.05) is 28.8 Å². The highest BCUT2D eigenvalue weighted by atomic mass is 79.9. The quantitative estimate of drug-likeness (QED) is 0.595. The van der Waals surface area contributed by atoms with Crippen molar-refractivity contribution in [3.63, 3.8) is 0 Å². The molecular formula is C18H17BrN4O2. The Labute approximate surface area is 153 Å². The molecule has 1 aromatic carbocycles. The van der Waals surface area contributed by atoms with Crippen molar-refractivity contribution < 1.29 is 9.90 Å². The van der Waals surface area contributed by atoms with Gasteiger partial charge in [-0.2, -0.15) is 0 Å². The number of hydrogen-bond acceptors (Lipinski definition) is 4. The van der Waals surface area contributed by atoms with Gasteiger partial charge in [0.15, 0.2) is 5.69 Å². The number of amides is 1. The maximum atomic E-state index is 12.1. The van der Waals surface area contributed by atoms with Crippen LogP contribution in [0.5, 0.6) is 5.88 Å². The van der Waals surface area contributed by atoms with E-state index in [1.54, 1.807) is 22.9 Å². The zero-order valence-electron chi connectivity index (χ0n) is 13.7. The molecule has 0 saturated heterocycles. The van der Waals surface area contributed by atoms with Gasteiger partial charge in [0.25, 0.3) is 5.91 Å². The molecule has 3 aromatic rings. The number of unbranched alkanes of at least 4 members (excludes halogenated alkanes) is 1. The number of nitrogens with zero attached hydrogens (tertiary/aromatic N) is 4. The first-order valence-corrected chi connectivity index (χ1v) is 8.78. The predicted molar refractivity (Wildman–Crippen MR) is 99.3 cm³/mol. The molecule has 6 nitrogen and oxygen atoms in total. The molecule has 0 aliphatic rings. The van der Waals surface area contributed by atoms with E-state index >= 15 is 0 Å². The summed E-state index contributed by atoms with van der Waals surface area (Å²) in [4.78, 5) is 16.0. The van der Waals surface area contributed by atoms with Crippen LogP contribution in [0.25, 0.3) is 10.9 Å². The highest BCUT2D eigenvalue weighted by Gasteiger charge is 2.17. The molecule has 3 rings (SSSR count). The SMILES string of the molecule is CCCCn1c(O)c(N=NC(=O)c2cccnc2)c2cc(Br)ccc21. The van der Waals surface area contributed by atoms with Crippen LogP contribution in [0, 0.1) is 0 Å². The normalized spacial score (nSPS) is 11.4. The maximum Gasteiger partial charge on any atom is 0.296 e. The second-order valence-electron chi connectivity index (χ2n) is 5.59. The largest absolute Gasteiger partial charge is 0.493 e. The summed E-state index contributed by atoms with van der Waals surface area (Å²) < 4.78 is 2.66. The number of aromatic hydroxyl groups is 1. The Morgan fingerprint density at radius 1 is 1.36 bits per heavy atom. The number of carbonyl (C=O) groups excluding carboxylic acids is 1. The number of halogens is 1. The minimum Gasteiger partial charge on any atom is -0.493 e. The summed E-state index contributed by atoms with van der Waals surface area (Å²) in [7, 11) is 0. The second-order valence-corrected chi connectivity index (χ2v) is 6.50. The van der Waals surface area contributed by atoms with Gasteiger partial charge in [0.1, 0.15) is 0 Å². The molecule has 0 aliphatic carbocycles. The summed E-state index contributed by atoms with van der Waals surface area (Å²) in [6.07, 6.45) is 4.95. The van der Waals surface area contributed by atoms with Crippen LogP contribution in [0.4, 0.5) is 5.69 Å². The van der Waals surface area contributed by atoms with E-state index in [4.69, 9.17) is 0 Å². The van der Waals surface area contributed by atoms with Crippen LogP contribution < -0.4 is 0 Å². The Morgan fingerprint density at radius 3 is 2.92 bits per heavy atom. The highest BCUT2D eigenvalue weighted by molar-refractivity contribution is 9.10. The molecule has 0 radical (unpaired) electrons. The van der Waals surface area contributed by atoms with E-state index in [0.29, 0.717) is 17.8 Å². The van der Waals surface area contributed by atoms with Crippen molar-refractivity contribution in [3.8, 4) is 5.88 Å². The summed E-state index contributed by atoms with van der Waals surface area (Å²) in [5.74, 6) is -0.485. The Kier molecular flexibility index (Phi) is 5.23. The van der Waals surface area contributed by atoms with Gasteiger partial charge < -0.3 is 9.67 Å². The third-order valence-corrected chi connectivity index (χ3v) is 4.35. The van der Waals surface area contributed by atoms with Gasteiger partial charge in [0.2, 0.25) is 5.88 Å². The molecule has 1 amide bonds. The number of pyridine rings is 1. The molecule has 0 bridgehead atoms. The zero-order chi connectivity index (χ0) is 17.8. The first-order valence-electron chi connectivity index (χ1n) is 7.98. The lowest BCUT2D eigenvalue weighted by Crippen LogP contribution is -1.96. The van der Waals surface area contributed by atoms with Gasteiger partial charge in [-0.25, -0.2) is 0 Å². The number of fused-ring (bicyclic) bond motifs is 1. The van der Waals surface area contributed by atoms with Crippen LogP contribution in [-0.2, 0) is 6.54 Å². The van der Waals surface area contributed by atoms with Crippen LogP contribution in [-0.4, -0.2) is 20.6 Å². The van der Waals surface area contributed by atoms with Crippen molar-refractivity contribution in [3.05, 3.63) is 52.8 Å². The minimum atomic E-state index is -0.503. The van der Waals surface area contributed by atoms with Gasteiger partial charge >= 0.3 is 0 Å². The monoisotopic (exact) mass is 400 g/mol. The van der Waals surface area contributed by atoms with Gasteiger partial charge in [-0.05, 0) is 36.8 Å². The van der Waals surface area contributed by atoms with E-state index < -0.39 is 5.91 Å². The lowest BCUT2D eigenvalue weighted by Gasteiger charge is -2.05. The van der Waals surface area contributed by atoms with Crippen molar-refractivity contribution in [2.45, 2.75) is 26.3 Å². The number of aryl methyl sites for hydroxylation is 1. The first-order chi connectivity index (χ1) is 12.1. The van der Waals surface area contributed by atoms with E-state index in [-0.39, 0.29) is 5.88 Å². The van der Waals surface area contributed by atoms with Crippen LogP contribution in [0.15, 0.2) is 57.4 Å². The Bertz CT molecular complexity index is 935. The molecule has 2 heterocycles. The van der Waals surface area contributed by atoms with Gasteiger partial charge in [-0.1, -0.05) is 29.3 Å². The minimum absolute atomic E-state index is 0.0179. The lowest BCUT2D eigenvalue weighted by atomic mass is 10.2. The average Bonchev–Trinajstić information content (AvgIpc) is 2.89. The topological polar surface area (TPSA) is 79.8 Å². The Hall–Kier alpha value is -2.54. The van der Waals surface area contributed by atoms with Crippen molar-refractivity contribution in [2.75, 3.05) is 0 Å². The molecule has 0 spiro atoms. The fourth-order valence-corrected chi connectivity index (χ4v) is 2.94. The number of rotatable bonds is 5. The fraction of sp³-hybridized carbons (Fsp3) is 0.222. The summed E-state index contributed by atoms with van der Waals surface area (Å²) in [6, 6.07) is 8.96. The van der Waals surface area contributed by atoms with Crippen LogP contribution >= 0.6 is 15.9 Å². The number of hydrogen-bond donors (Lipinski definition) is 1. The molecular weight excluding hydrogens is 384 g/mol. The summed E-state index contributed by atoms with van der Waals surface area (Å²) in [5, 5.41) is 19.1. The molecule has 1 N–H and O–H groups in total. The summed E-state index contributed by atoms with van der Waals surface area (Å²) >= 11 is 3.43. The smallest absolute Gasteiger partial charge is 0.296 e. The van der Waals surface area contributed by atoms with Gasteiger partial charge in [-0.3, -0.25) is 9.78 Å². The van der Waals surface area contributed by atoms with Crippen LogP contribution in [0.1, 0.15) is 30.1 Å². The Balaban J connectivity index is 2.03. The standard InChI is InChI=1S/C18H17BrN4O2/c1-2-3-9-23-15-7-6-13(19)10-14(15)16(18(23)25)21-22-17(24)12-5-4-8-20-11-12/h4-8,10-11,25H,2-3,9H2,1H3. The lowest BCUT2D eigenvalue weighted by molar-refractivity contribution is 0.0994. The predicted octanol–water partition coefficient (Wildman–Crippen LogP) is 5.23. The molecule has 0 saturated carbocycles. The summed E-state index contributed by atoms with van der Waals surface area (Å²) in [5.41, 5.74) is 1.50. The molecule has 128 valence electrons. The number of azo groups is 1. The number of aromatic nitrogens is 2. The molecule has 0 atom stereocenters. The van der Waals surface area contributed by atoms with Gasteiger partial charge in [0.05, 0.1) is 11.1 Å². The second kappa shape index (κ2) is 7.57. The maximum absolute atomic E-state index is 12.1. The molecule has 25 heavy (non-hydrogen) atoms. The third kappa shape index (κ3) is 3.61. The molecule has 2 aromatic heterocycles. The zero-order valence-corrected chi connectivity index (χ0v) is 15.3. The van der Waals surface area contributed by atoms with Crippen molar-refractivity contribution >= 4 is 38.4 Å². The van der Waals surface area contributed by atoms with E-state index in [0.717, 1.165) is 28.2 Å². The number of carbonyl (C=O) groups is 1. The van der Waals surface area contributed by atoms with Crippen molar-refractivity contribution in [1.82, 2.24) is 9.55 Å². The van der Waals surface area contributed by atoms with E-state index in [1.165, 1.54) is 6.20 Å². The summed E-state index contributed by atoms with van der Waals surface area (Å²) in [6.45, 7) is 2.76. The van der Waals surface area contributed by atoms with Crippen molar-refractivity contribution in [2.24, 2.45) is 10.2 Å². The number of benzene rings is 1. The van der Waals surface area contributed by atoms with E-state index in [9.17, 15) is 9.90 Å². The molecule has 7 heteroatoms. The van der Waals surface area contributed by atoms with Crippen LogP contribution in [0.2, 0.25) is 0 Å². The van der Waals surface area contributed by atoms with E-state index in [1.807, 2.05) is 18.2 Å². The average molecular weight is 401 g/mol. The Morgan fingerprint density at radius 2 is 2.20 bits per heavy atom. The fourth-order valence-electron chi connectivity index (χ4n) is 2.58. The van der Waals surface area contributed by atoms with Gasteiger partial charge in [-0.15, -0.1) is 10.2 Å². The highest BCUT2D eigenvalue weighted by Crippen LogP contribution is 2.40. The third-order valence-electron chi connectivity index (χ3n) is 3.86. The van der Waals surface area contributed by atoms with Crippen LogP contribution in [0.3, 0.4) is 0 Å². The molecule has 0 aliphatic heterocycles.